The lowest BCUT2D eigenvalue weighted by Gasteiger charge is -2.19. The van der Waals surface area contributed by atoms with Crippen LogP contribution in [-0.4, -0.2) is 27.0 Å². The second-order valence-electron chi connectivity index (χ2n) is 6.70. The second-order valence-corrected chi connectivity index (χ2v) is 8.72. The Kier molecular flexibility index (Phi) is 5.35. The maximum atomic E-state index is 12.6. The highest BCUT2D eigenvalue weighted by Gasteiger charge is 2.35. The molecule has 0 saturated heterocycles. The molecule has 0 fully saturated rings. The van der Waals surface area contributed by atoms with Gasteiger partial charge in [-0.25, -0.2) is 0 Å². The number of carbonyl (C=O) groups excluding carboxylic acids is 1. The minimum absolute atomic E-state index is 0.00764. The van der Waals surface area contributed by atoms with E-state index in [0.717, 1.165) is 16.4 Å². The van der Waals surface area contributed by atoms with Crippen molar-refractivity contribution in [2.45, 2.75) is 17.3 Å². The maximum absolute atomic E-state index is 12.6. The zero-order valence-corrected chi connectivity index (χ0v) is 17.8. The van der Waals surface area contributed by atoms with Crippen LogP contribution in [0, 0.1) is 5.41 Å². The Balaban J connectivity index is 1.31. The first-order valence-electron chi connectivity index (χ1n) is 9.44. The van der Waals surface area contributed by atoms with Gasteiger partial charge in [-0.2, -0.15) is 15.1 Å². The molecule has 0 saturated carbocycles. The number of thioether (sulfide) groups is 2. The molecule has 1 aromatic carbocycles. The van der Waals surface area contributed by atoms with Gasteiger partial charge in [-0.1, -0.05) is 42.1 Å². The molecule has 0 unspecified atom stereocenters. The number of aliphatic imine (C=N–C) groups is 1. The highest BCUT2D eigenvalue weighted by atomic mass is 32.2. The zero-order chi connectivity index (χ0) is 21.2. The molecule has 1 N–H and O–H groups in total. The predicted octanol–water partition coefficient (Wildman–Crippen LogP) is 5.03. The Morgan fingerprint density at radius 3 is 2.81 bits per heavy atom. The standard InChI is InChI=1S/C22H16N4O3S2/c23-20-17(12-15-8-9-19(29-15)30-13-16-7-4-10-28-16)21(27)24-22-26(20)25-18(31-22)11-14-5-2-1-3-6-14/h1-10,12,23H,11,13H2/b17-12-,23-20?. The Labute approximate surface area is 186 Å². The number of hydrogen-bond donors (Lipinski definition) is 1. The lowest BCUT2D eigenvalue weighted by molar-refractivity contribution is -0.114. The Bertz CT molecular complexity index is 1230. The van der Waals surface area contributed by atoms with Crippen molar-refractivity contribution >= 4 is 51.6 Å². The van der Waals surface area contributed by atoms with Gasteiger partial charge in [0, 0.05) is 6.42 Å². The van der Waals surface area contributed by atoms with E-state index < -0.39 is 5.91 Å². The van der Waals surface area contributed by atoms with Gasteiger partial charge in [0.15, 0.2) is 10.9 Å². The van der Waals surface area contributed by atoms with Crippen LogP contribution in [0.3, 0.4) is 0 Å². The highest BCUT2D eigenvalue weighted by Crippen LogP contribution is 2.31. The molecule has 154 valence electrons. The summed E-state index contributed by atoms with van der Waals surface area (Å²) in [4.78, 5) is 16.7. The predicted molar refractivity (Wildman–Crippen MR) is 122 cm³/mol. The number of carbonyl (C=O) groups is 1. The average Bonchev–Trinajstić information content (AvgIpc) is 3.52. The number of hydrogen-bond acceptors (Lipinski definition) is 7. The van der Waals surface area contributed by atoms with Crippen LogP contribution in [0.4, 0.5) is 0 Å². The third-order valence-corrected chi connectivity index (χ3v) is 6.36. The fourth-order valence-corrected chi connectivity index (χ4v) is 4.73. The molecule has 0 atom stereocenters. The zero-order valence-electron chi connectivity index (χ0n) is 16.1. The number of furan rings is 2. The van der Waals surface area contributed by atoms with Gasteiger partial charge >= 0.3 is 0 Å². The van der Waals surface area contributed by atoms with Gasteiger partial charge in [-0.3, -0.25) is 10.2 Å². The van der Waals surface area contributed by atoms with Crippen molar-refractivity contribution in [1.29, 1.82) is 5.41 Å². The van der Waals surface area contributed by atoms with Crippen LogP contribution < -0.4 is 0 Å². The van der Waals surface area contributed by atoms with Gasteiger partial charge in [0.1, 0.15) is 16.6 Å². The first kappa shape index (κ1) is 19.7. The van der Waals surface area contributed by atoms with Crippen molar-refractivity contribution in [3.05, 3.63) is 83.5 Å². The maximum Gasteiger partial charge on any atom is 0.283 e. The summed E-state index contributed by atoms with van der Waals surface area (Å²) in [5.74, 6) is 1.49. The van der Waals surface area contributed by atoms with E-state index in [9.17, 15) is 4.79 Å². The van der Waals surface area contributed by atoms with E-state index in [-0.39, 0.29) is 11.4 Å². The van der Waals surface area contributed by atoms with E-state index in [1.165, 1.54) is 34.6 Å². The van der Waals surface area contributed by atoms with Crippen LogP contribution in [0.2, 0.25) is 0 Å². The molecule has 1 amide bonds. The normalized spacial score (nSPS) is 17.2. The highest BCUT2D eigenvalue weighted by molar-refractivity contribution is 8.26. The van der Waals surface area contributed by atoms with Crippen LogP contribution in [0.15, 0.2) is 90.5 Å². The monoisotopic (exact) mass is 448 g/mol. The molecule has 0 spiro atoms. The Morgan fingerprint density at radius 1 is 1.13 bits per heavy atom. The molecule has 9 heteroatoms. The second kappa shape index (κ2) is 8.44. The lowest BCUT2D eigenvalue weighted by Crippen LogP contribution is -2.35. The van der Waals surface area contributed by atoms with Gasteiger partial charge in [-0.15, -0.1) is 0 Å². The minimum Gasteiger partial charge on any atom is -0.468 e. The smallest absolute Gasteiger partial charge is 0.283 e. The first-order chi connectivity index (χ1) is 15.2. The summed E-state index contributed by atoms with van der Waals surface area (Å²) in [6.07, 6.45) is 3.79. The van der Waals surface area contributed by atoms with Crippen molar-refractivity contribution in [3.8, 4) is 0 Å². The molecule has 2 aliphatic heterocycles. The molecule has 4 heterocycles. The number of amidine groups is 2. The van der Waals surface area contributed by atoms with Crippen molar-refractivity contribution in [2.75, 3.05) is 0 Å². The van der Waals surface area contributed by atoms with E-state index in [1.54, 1.807) is 12.3 Å². The third kappa shape index (κ3) is 4.28. The van der Waals surface area contributed by atoms with Crippen molar-refractivity contribution in [1.82, 2.24) is 5.01 Å². The van der Waals surface area contributed by atoms with Crippen molar-refractivity contribution < 1.29 is 13.6 Å². The van der Waals surface area contributed by atoms with Gasteiger partial charge in [0.2, 0.25) is 5.17 Å². The van der Waals surface area contributed by atoms with E-state index in [4.69, 9.17) is 14.2 Å². The fraction of sp³-hybridized carbons (Fsp3) is 0.0909. The molecule has 31 heavy (non-hydrogen) atoms. The van der Waals surface area contributed by atoms with Crippen LogP contribution in [-0.2, 0) is 17.0 Å². The van der Waals surface area contributed by atoms with Gasteiger partial charge in [0.05, 0.1) is 17.6 Å². The van der Waals surface area contributed by atoms with Crippen molar-refractivity contribution in [2.24, 2.45) is 10.1 Å². The van der Waals surface area contributed by atoms with E-state index in [0.29, 0.717) is 28.2 Å². The summed E-state index contributed by atoms with van der Waals surface area (Å²) in [5, 5.41) is 16.3. The van der Waals surface area contributed by atoms with E-state index in [2.05, 4.69) is 10.1 Å². The number of hydrazone groups is 1. The van der Waals surface area contributed by atoms with Crippen LogP contribution in [0.25, 0.3) is 6.08 Å². The number of fused-ring (bicyclic) bond motifs is 1. The number of amides is 1. The summed E-state index contributed by atoms with van der Waals surface area (Å²) >= 11 is 2.80. The van der Waals surface area contributed by atoms with Crippen LogP contribution >= 0.6 is 23.5 Å². The van der Waals surface area contributed by atoms with Gasteiger partial charge < -0.3 is 8.83 Å². The third-order valence-electron chi connectivity index (χ3n) is 4.52. The largest absolute Gasteiger partial charge is 0.468 e. The average molecular weight is 449 g/mol. The number of nitrogens with zero attached hydrogens (tertiary/aromatic N) is 3. The van der Waals surface area contributed by atoms with E-state index >= 15 is 0 Å². The first-order valence-corrected chi connectivity index (χ1v) is 11.2. The topological polar surface area (TPSA) is 95.2 Å². The molecule has 0 aliphatic carbocycles. The molecule has 5 rings (SSSR count). The van der Waals surface area contributed by atoms with Crippen molar-refractivity contribution in [3.63, 3.8) is 0 Å². The Hall–Kier alpha value is -3.30. The summed E-state index contributed by atoms with van der Waals surface area (Å²) < 4.78 is 11.1. The quantitative estimate of drug-likeness (QED) is 0.420. The van der Waals surface area contributed by atoms with Gasteiger partial charge in [-0.05, 0) is 47.7 Å². The molecular formula is C22H16N4O3S2. The molecule has 2 aromatic heterocycles. The summed E-state index contributed by atoms with van der Waals surface area (Å²) in [5.41, 5.74) is 1.25. The van der Waals surface area contributed by atoms with Gasteiger partial charge in [0.25, 0.3) is 5.91 Å². The van der Waals surface area contributed by atoms with Crippen LogP contribution in [0.5, 0.6) is 0 Å². The molecule has 2 aliphatic rings. The number of rotatable bonds is 6. The molecule has 7 nitrogen and oxygen atoms in total. The molecule has 0 radical (unpaired) electrons. The summed E-state index contributed by atoms with van der Waals surface area (Å²) in [6, 6.07) is 17.3. The summed E-state index contributed by atoms with van der Waals surface area (Å²) in [6.45, 7) is 0. The van der Waals surface area contributed by atoms with E-state index in [1.807, 2.05) is 48.5 Å². The fourth-order valence-electron chi connectivity index (χ4n) is 3.04. The molecule has 0 bridgehead atoms. The minimum atomic E-state index is -0.471. The number of nitrogens with one attached hydrogen (secondary N) is 1. The number of benzene rings is 1. The summed E-state index contributed by atoms with van der Waals surface area (Å²) in [7, 11) is 0. The Morgan fingerprint density at radius 2 is 2.00 bits per heavy atom. The molecular weight excluding hydrogens is 432 g/mol. The van der Waals surface area contributed by atoms with Crippen LogP contribution in [0.1, 0.15) is 17.1 Å². The molecule has 3 aromatic rings. The SMILES string of the molecule is N=C1/C(=C/c2ccc(SCc3ccco3)o2)C(=O)N=C2SC(Cc3ccccc3)=NN12. The lowest BCUT2D eigenvalue weighted by atomic mass is 10.1.